The van der Waals surface area contributed by atoms with Crippen molar-refractivity contribution in [2.45, 2.75) is 25.0 Å². The number of halogens is 1. The highest BCUT2D eigenvalue weighted by molar-refractivity contribution is 5.26. The van der Waals surface area contributed by atoms with Crippen molar-refractivity contribution in [2.75, 3.05) is 19.7 Å². The molecule has 5 heteroatoms. The largest absolute Gasteiger partial charge is 0.508 e. The first-order valence-corrected chi connectivity index (χ1v) is 8.13. The van der Waals surface area contributed by atoms with Crippen LogP contribution < -0.4 is 4.74 Å². The van der Waals surface area contributed by atoms with Gasteiger partial charge in [-0.05, 0) is 54.8 Å². The minimum Gasteiger partial charge on any atom is -0.508 e. The van der Waals surface area contributed by atoms with Crippen LogP contribution >= 0.6 is 0 Å². The molecule has 0 bridgehead atoms. The van der Waals surface area contributed by atoms with Crippen LogP contribution in [-0.2, 0) is 6.54 Å². The molecule has 2 aromatic carbocycles. The van der Waals surface area contributed by atoms with Gasteiger partial charge in [-0.1, -0.05) is 12.1 Å². The lowest BCUT2D eigenvalue weighted by Crippen LogP contribution is -2.47. The average Bonchev–Trinajstić information content (AvgIpc) is 2.59. The highest BCUT2D eigenvalue weighted by atomic mass is 19.1. The van der Waals surface area contributed by atoms with Gasteiger partial charge in [0.05, 0.1) is 0 Å². The Morgan fingerprint density at radius 2 is 1.62 bits per heavy atom. The monoisotopic (exact) mass is 331 g/mol. The van der Waals surface area contributed by atoms with Crippen molar-refractivity contribution >= 4 is 0 Å². The molecule has 1 saturated heterocycles. The summed E-state index contributed by atoms with van der Waals surface area (Å²) in [7, 11) is 0. The predicted octanol–water partition coefficient (Wildman–Crippen LogP) is 2.94. The average molecular weight is 331 g/mol. The summed E-state index contributed by atoms with van der Waals surface area (Å²) in [5.41, 5.74) is 0.292. The molecule has 1 fully saturated rings. The standard InChI is InChI=1S/C19H22FNO3/c20-16-3-7-18(8-4-16)24-14-19(23)9-11-21(12-10-19)13-15-1-5-17(22)6-2-15/h1-8,22-23H,9-14H2. The van der Waals surface area contributed by atoms with E-state index in [9.17, 15) is 14.6 Å². The van der Waals surface area contributed by atoms with Gasteiger partial charge in [-0.25, -0.2) is 4.39 Å². The summed E-state index contributed by atoms with van der Waals surface area (Å²) in [6.45, 7) is 2.58. The molecule has 3 rings (SSSR count). The highest BCUT2D eigenvalue weighted by Gasteiger charge is 2.33. The molecule has 1 aliphatic heterocycles. The van der Waals surface area contributed by atoms with E-state index in [0.717, 1.165) is 25.2 Å². The van der Waals surface area contributed by atoms with Crippen molar-refractivity contribution in [1.82, 2.24) is 4.90 Å². The first-order chi connectivity index (χ1) is 11.5. The topological polar surface area (TPSA) is 52.9 Å². The van der Waals surface area contributed by atoms with E-state index in [4.69, 9.17) is 4.74 Å². The fraction of sp³-hybridized carbons (Fsp3) is 0.368. The number of nitrogens with zero attached hydrogens (tertiary/aromatic N) is 1. The van der Waals surface area contributed by atoms with Crippen LogP contribution in [-0.4, -0.2) is 40.4 Å². The van der Waals surface area contributed by atoms with Crippen LogP contribution in [0, 0.1) is 5.82 Å². The molecule has 0 unspecified atom stereocenters. The number of hydrogen-bond acceptors (Lipinski definition) is 4. The molecule has 2 aromatic rings. The molecule has 0 radical (unpaired) electrons. The molecule has 2 N–H and O–H groups in total. The van der Waals surface area contributed by atoms with Crippen molar-refractivity contribution in [3.8, 4) is 11.5 Å². The minimum absolute atomic E-state index is 0.214. The SMILES string of the molecule is Oc1ccc(CN2CCC(O)(COc3ccc(F)cc3)CC2)cc1. The van der Waals surface area contributed by atoms with E-state index in [2.05, 4.69) is 4.90 Å². The second kappa shape index (κ2) is 7.20. The Morgan fingerprint density at radius 3 is 2.25 bits per heavy atom. The van der Waals surface area contributed by atoms with E-state index in [0.29, 0.717) is 18.6 Å². The molecule has 0 amide bonds. The lowest BCUT2D eigenvalue weighted by Gasteiger charge is -2.38. The van der Waals surface area contributed by atoms with E-state index < -0.39 is 5.60 Å². The Bertz CT molecular complexity index is 649. The van der Waals surface area contributed by atoms with Gasteiger partial charge in [-0.15, -0.1) is 0 Å². The third-order valence-corrected chi connectivity index (χ3v) is 4.45. The van der Waals surface area contributed by atoms with E-state index >= 15 is 0 Å². The van der Waals surface area contributed by atoms with E-state index in [1.165, 1.54) is 12.1 Å². The number of piperidine rings is 1. The van der Waals surface area contributed by atoms with Crippen molar-refractivity contribution in [2.24, 2.45) is 0 Å². The highest BCUT2D eigenvalue weighted by Crippen LogP contribution is 2.25. The third-order valence-electron chi connectivity index (χ3n) is 4.45. The summed E-state index contributed by atoms with van der Waals surface area (Å²) in [4.78, 5) is 2.28. The Hall–Kier alpha value is -2.11. The van der Waals surface area contributed by atoms with E-state index in [1.54, 1.807) is 24.3 Å². The number of rotatable bonds is 5. The number of benzene rings is 2. The quantitative estimate of drug-likeness (QED) is 0.884. The minimum atomic E-state index is -0.847. The maximum absolute atomic E-state index is 12.9. The van der Waals surface area contributed by atoms with Crippen molar-refractivity contribution in [3.63, 3.8) is 0 Å². The van der Waals surface area contributed by atoms with Crippen LogP contribution in [0.5, 0.6) is 11.5 Å². The van der Waals surface area contributed by atoms with Gasteiger partial charge in [0.15, 0.2) is 0 Å². The van der Waals surface area contributed by atoms with Gasteiger partial charge in [0.2, 0.25) is 0 Å². The van der Waals surface area contributed by atoms with Crippen LogP contribution in [0.15, 0.2) is 48.5 Å². The fourth-order valence-electron chi connectivity index (χ4n) is 2.88. The number of phenolic OH excluding ortho intramolecular Hbond substituents is 1. The summed E-state index contributed by atoms with van der Waals surface area (Å²) in [6, 6.07) is 13.0. The van der Waals surface area contributed by atoms with Crippen molar-refractivity contribution in [1.29, 1.82) is 0 Å². The van der Waals surface area contributed by atoms with Gasteiger partial charge in [-0.3, -0.25) is 4.90 Å². The number of likely N-dealkylation sites (tertiary alicyclic amines) is 1. The Morgan fingerprint density at radius 1 is 1.00 bits per heavy atom. The Labute approximate surface area is 141 Å². The molecule has 0 spiro atoms. The van der Waals surface area contributed by atoms with E-state index in [1.807, 2.05) is 12.1 Å². The molecule has 1 heterocycles. The zero-order valence-electron chi connectivity index (χ0n) is 13.5. The maximum atomic E-state index is 12.9. The number of aliphatic hydroxyl groups is 1. The van der Waals surface area contributed by atoms with Crippen LogP contribution in [0.4, 0.5) is 4.39 Å². The van der Waals surface area contributed by atoms with Gasteiger partial charge in [0.1, 0.15) is 29.5 Å². The normalized spacial score (nSPS) is 17.6. The summed E-state index contributed by atoms with van der Waals surface area (Å²) in [6.07, 6.45) is 1.26. The number of aromatic hydroxyl groups is 1. The Balaban J connectivity index is 1.48. The molecule has 1 aliphatic rings. The van der Waals surface area contributed by atoms with Gasteiger partial charge < -0.3 is 14.9 Å². The molecular weight excluding hydrogens is 309 g/mol. The third kappa shape index (κ3) is 4.46. The van der Waals surface area contributed by atoms with Gasteiger partial charge in [0, 0.05) is 19.6 Å². The fourth-order valence-corrected chi connectivity index (χ4v) is 2.88. The maximum Gasteiger partial charge on any atom is 0.123 e. The second-order valence-corrected chi connectivity index (χ2v) is 6.41. The summed E-state index contributed by atoms with van der Waals surface area (Å²) >= 11 is 0. The van der Waals surface area contributed by atoms with Gasteiger partial charge in [0.25, 0.3) is 0 Å². The molecule has 4 nitrogen and oxygen atoms in total. The van der Waals surface area contributed by atoms with Crippen molar-refractivity contribution in [3.05, 3.63) is 59.9 Å². The predicted molar refractivity (Wildman–Crippen MR) is 89.5 cm³/mol. The van der Waals surface area contributed by atoms with Crippen molar-refractivity contribution < 1.29 is 19.3 Å². The smallest absolute Gasteiger partial charge is 0.123 e. The molecule has 128 valence electrons. The lowest BCUT2D eigenvalue weighted by atomic mass is 9.92. The van der Waals surface area contributed by atoms with E-state index in [-0.39, 0.29) is 18.2 Å². The summed E-state index contributed by atoms with van der Waals surface area (Å²) in [5, 5.41) is 20.0. The van der Waals surface area contributed by atoms with Gasteiger partial charge >= 0.3 is 0 Å². The lowest BCUT2D eigenvalue weighted by molar-refractivity contribution is -0.0537. The zero-order valence-corrected chi connectivity index (χ0v) is 13.5. The molecule has 0 aromatic heterocycles. The second-order valence-electron chi connectivity index (χ2n) is 6.41. The zero-order chi connectivity index (χ0) is 17.0. The number of phenols is 1. The molecule has 24 heavy (non-hydrogen) atoms. The first kappa shape index (κ1) is 16.7. The van der Waals surface area contributed by atoms with Gasteiger partial charge in [-0.2, -0.15) is 0 Å². The molecular formula is C19H22FNO3. The summed E-state index contributed by atoms with van der Waals surface area (Å²) in [5.74, 6) is 0.532. The molecule has 0 saturated carbocycles. The van der Waals surface area contributed by atoms with Crippen LogP contribution in [0.2, 0.25) is 0 Å². The molecule has 0 atom stereocenters. The van der Waals surface area contributed by atoms with Crippen LogP contribution in [0.25, 0.3) is 0 Å². The Kier molecular flexibility index (Phi) is 5.02. The van der Waals surface area contributed by atoms with Crippen LogP contribution in [0.1, 0.15) is 18.4 Å². The number of ether oxygens (including phenoxy) is 1. The molecule has 0 aliphatic carbocycles. The summed E-state index contributed by atoms with van der Waals surface area (Å²) < 4.78 is 18.5. The number of hydrogen-bond donors (Lipinski definition) is 2. The van der Waals surface area contributed by atoms with Crippen LogP contribution in [0.3, 0.4) is 0 Å². The first-order valence-electron chi connectivity index (χ1n) is 8.13.